The van der Waals surface area contributed by atoms with Crippen molar-refractivity contribution >= 4 is 35.0 Å². The SMILES string of the molecule is CC(=O)Nc1ccc(S)c2ccccc12. The minimum atomic E-state index is -0.0629. The Bertz CT molecular complexity index is 522. The van der Waals surface area contributed by atoms with E-state index in [-0.39, 0.29) is 5.91 Å². The van der Waals surface area contributed by atoms with E-state index in [9.17, 15) is 4.79 Å². The van der Waals surface area contributed by atoms with Crippen LogP contribution in [-0.4, -0.2) is 5.91 Å². The van der Waals surface area contributed by atoms with E-state index in [1.807, 2.05) is 36.4 Å². The van der Waals surface area contributed by atoms with Crippen molar-refractivity contribution in [2.24, 2.45) is 0 Å². The summed E-state index contributed by atoms with van der Waals surface area (Å²) in [7, 11) is 0. The lowest BCUT2D eigenvalue weighted by molar-refractivity contribution is -0.114. The van der Waals surface area contributed by atoms with Crippen LogP contribution in [0.4, 0.5) is 5.69 Å². The van der Waals surface area contributed by atoms with Gasteiger partial charge in [0.1, 0.15) is 0 Å². The maximum atomic E-state index is 11.0. The second-order valence-electron chi connectivity index (χ2n) is 3.36. The highest BCUT2D eigenvalue weighted by Crippen LogP contribution is 2.28. The Labute approximate surface area is 93.7 Å². The van der Waals surface area contributed by atoms with Gasteiger partial charge in [0.2, 0.25) is 5.91 Å². The number of hydrogen-bond donors (Lipinski definition) is 2. The third-order valence-electron chi connectivity index (χ3n) is 2.21. The molecule has 0 saturated carbocycles. The van der Waals surface area contributed by atoms with Gasteiger partial charge in [0, 0.05) is 22.9 Å². The van der Waals surface area contributed by atoms with Gasteiger partial charge in [-0.3, -0.25) is 4.79 Å². The number of fused-ring (bicyclic) bond motifs is 1. The highest BCUT2D eigenvalue weighted by Gasteiger charge is 2.03. The molecule has 2 nitrogen and oxygen atoms in total. The number of carbonyl (C=O) groups is 1. The molecule has 2 rings (SSSR count). The van der Waals surface area contributed by atoms with E-state index < -0.39 is 0 Å². The summed E-state index contributed by atoms with van der Waals surface area (Å²) in [6.07, 6.45) is 0. The van der Waals surface area contributed by atoms with E-state index in [0.717, 1.165) is 21.4 Å². The average molecular weight is 217 g/mol. The molecular formula is C12H11NOS. The van der Waals surface area contributed by atoms with Gasteiger partial charge in [-0.05, 0) is 17.5 Å². The van der Waals surface area contributed by atoms with Crippen molar-refractivity contribution in [3.8, 4) is 0 Å². The number of carbonyl (C=O) groups excluding carboxylic acids is 1. The summed E-state index contributed by atoms with van der Waals surface area (Å²) in [4.78, 5) is 11.9. The van der Waals surface area contributed by atoms with Gasteiger partial charge in [-0.15, -0.1) is 12.6 Å². The molecule has 0 radical (unpaired) electrons. The number of thiol groups is 1. The van der Waals surface area contributed by atoms with Crippen molar-refractivity contribution in [1.29, 1.82) is 0 Å². The number of amides is 1. The largest absolute Gasteiger partial charge is 0.326 e. The summed E-state index contributed by atoms with van der Waals surface area (Å²) in [6, 6.07) is 11.6. The topological polar surface area (TPSA) is 29.1 Å². The molecule has 0 bridgehead atoms. The Hall–Kier alpha value is -1.48. The van der Waals surface area contributed by atoms with Gasteiger partial charge in [-0.2, -0.15) is 0 Å². The molecule has 76 valence electrons. The quantitative estimate of drug-likeness (QED) is 0.706. The molecule has 15 heavy (non-hydrogen) atoms. The summed E-state index contributed by atoms with van der Waals surface area (Å²) in [5, 5.41) is 4.86. The number of hydrogen-bond acceptors (Lipinski definition) is 2. The predicted octanol–water partition coefficient (Wildman–Crippen LogP) is 3.09. The summed E-state index contributed by atoms with van der Waals surface area (Å²) >= 11 is 4.38. The van der Waals surface area contributed by atoms with Gasteiger partial charge in [0.25, 0.3) is 0 Å². The van der Waals surface area contributed by atoms with Crippen LogP contribution in [0.1, 0.15) is 6.92 Å². The van der Waals surface area contributed by atoms with Gasteiger partial charge in [0.15, 0.2) is 0 Å². The maximum absolute atomic E-state index is 11.0. The fourth-order valence-corrected chi connectivity index (χ4v) is 1.85. The molecule has 2 aromatic carbocycles. The normalized spacial score (nSPS) is 10.3. The Balaban J connectivity index is 2.66. The molecule has 0 aliphatic carbocycles. The molecule has 0 aliphatic heterocycles. The molecule has 1 amide bonds. The summed E-state index contributed by atoms with van der Waals surface area (Å²) < 4.78 is 0. The zero-order chi connectivity index (χ0) is 10.8. The van der Waals surface area contributed by atoms with Crippen molar-refractivity contribution in [3.05, 3.63) is 36.4 Å². The van der Waals surface area contributed by atoms with E-state index in [0.29, 0.717) is 0 Å². The van der Waals surface area contributed by atoms with Crippen LogP contribution in [0.15, 0.2) is 41.3 Å². The van der Waals surface area contributed by atoms with Crippen LogP contribution >= 0.6 is 12.6 Å². The molecule has 0 aliphatic rings. The highest BCUT2D eigenvalue weighted by atomic mass is 32.1. The monoisotopic (exact) mass is 217 g/mol. The van der Waals surface area contributed by atoms with Crippen LogP contribution < -0.4 is 5.32 Å². The molecule has 2 aromatic rings. The van der Waals surface area contributed by atoms with Crippen LogP contribution in [0.2, 0.25) is 0 Å². The van der Waals surface area contributed by atoms with Crippen LogP contribution in [0.5, 0.6) is 0 Å². The minimum absolute atomic E-state index is 0.0629. The Kier molecular flexibility index (Phi) is 2.64. The lowest BCUT2D eigenvalue weighted by Crippen LogP contribution is -2.06. The predicted molar refractivity (Wildman–Crippen MR) is 65.5 cm³/mol. The summed E-state index contributed by atoms with van der Waals surface area (Å²) in [5.41, 5.74) is 0.830. The van der Waals surface area contributed by atoms with E-state index in [1.165, 1.54) is 6.92 Å². The second-order valence-corrected chi connectivity index (χ2v) is 3.84. The molecule has 0 atom stereocenters. The van der Waals surface area contributed by atoms with E-state index in [1.54, 1.807) is 0 Å². The van der Waals surface area contributed by atoms with E-state index in [4.69, 9.17) is 0 Å². The highest BCUT2D eigenvalue weighted by molar-refractivity contribution is 7.80. The third kappa shape index (κ3) is 1.97. The van der Waals surface area contributed by atoms with Crippen LogP contribution in [0, 0.1) is 0 Å². The van der Waals surface area contributed by atoms with Gasteiger partial charge in [0.05, 0.1) is 0 Å². The van der Waals surface area contributed by atoms with Crippen molar-refractivity contribution in [1.82, 2.24) is 0 Å². The molecule has 0 heterocycles. The zero-order valence-electron chi connectivity index (χ0n) is 8.32. The minimum Gasteiger partial charge on any atom is -0.326 e. The van der Waals surface area contributed by atoms with Crippen LogP contribution in [-0.2, 0) is 4.79 Å². The number of rotatable bonds is 1. The van der Waals surface area contributed by atoms with Gasteiger partial charge >= 0.3 is 0 Å². The lowest BCUT2D eigenvalue weighted by Gasteiger charge is -2.08. The molecule has 1 N–H and O–H groups in total. The van der Waals surface area contributed by atoms with Crippen molar-refractivity contribution in [2.45, 2.75) is 11.8 Å². The first-order valence-electron chi connectivity index (χ1n) is 4.67. The van der Waals surface area contributed by atoms with Crippen molar-refractivity contribution < 1.29 is 4.79 Å². The van der Waals surface area contributed by atoms with E-state index >= 15 is 0 Å². The second kappa shape index (κ2) is 3.95. The molecule has 0 unspecified atom stereocenters. The summed E-state index contributed by atoms with van der Waals surface area (Å²) in [6.45, 7) is 1.50. The standard InChI is InChI=1S/C12H11NOS/c1-8(14)13-11-6-7-12(15)10-5-3-2-4-9(10)11/h2-7,15H,1H3,(H,13,14). The molecule has 3 heteroatoms. The first-order chi connectivity index (χ1) is 7.18. The van der Waals surface area contributed by atoms with Crippen molar-refractivity contribution in [2.75, 3.05) is 5.32 Å². The molecule has 0 fully saturated rings. The van der Waals surface area contributed by atoms with Gasteiger partial charge < -0.3 is 5.32 Å². The maximum Gasteiger partial charge on any atom is 0.221 e. The Morgan fingerprint density at radius 1 is 1.13 bits per heavy atom. The first-order valence-corrected chi connectivity index (χ1v) is 5.11. The average Bonchev–Trinajstić information content (AvgIpc) is 2.22. The first kappa shape index (κ1) is 10.1. The van der Waals surface area contributed by atoms with Gasteiger partial charge in [-0.25, -0.2) is 0 Å². The van der Waals surface area contributed by atoms with Crippen molar-refractivity contribution in [3.63, 3.8) is 0 Å². The Morgan fingerprint density at radius 2 is 1.80 bits per heavy atom. The van der Waals surface area contributed by atoms with Crippen LogP contribution in [0.3, 0.4) is 0 Å². The number of nitrogens with one attached hydrogen (secondary N) is 1. The molecular weight excluding hydrogens is 206 g/mol. The third-order valence-corrected chi connectivity index (χ3v) is 2.60. The molecule has 0 spiro atoms. The number of anilines is 1. The fraction of sp³-hybridized carbons (Fsp3) is 0.0833. The zero-order valence-corrected chi connectivity index (χ0v) is 9.21. The van der Waals surface area contributed by atoms with E-state index in [2.05, 4.69) is 17.9 Å². The summed E-state index contributed by atoms with van der Waals surface area (Å²) in [5.74, 6) is -0.0629. The van der Waals surface area contributed by atoms with Gasteiger partial charge in [-0.1, -0.05) is 24.3 Å². The Morgan fingerprint density at radius 3 is 2.47 bits per heavy atom. The molecule has 0 saturated heterocycles. The molecule has 0 aromatic heterocycles. The smallest absolute Gasteiger partial charge is 0.221 e. The van der Waals surface area contributed by atoms with Crippen LogP contribution in [0.25, 0.3) is 10.8 Å². The number of benzene rings is 2. The fourth-order valence-electron chi connectivity index (χ4n) is 1.58. The lowest BCUT2D eigenvalue weighted by atomic mass is 10.1.